The smallest absolute Gasteiger partial charge is 0.272 e. The maximum atomic E-state index is 11.9. The Hall–Kier alpha value is -2.34. The van der Waals surface area contributed by atoms with Gasteiger partial charge in [-0.15, -0.1) is 0 Å². The van der Waals surface area contributed by atoms with Crippen LogP contribution < -0.4 is 10.9 Å². The maximum absolute atomic E-state index is 11.9. The average molecular weight is 293 g/mol. The highest BCUT2D eigenvalue weighted by Gasteiger charge is 2.14. The van der Waals surface area contributed by atoms with Gasteiger partial charge in [-0.05, 0) is 25.1 Å². The fraction of sp³-hybridized carbons (Fsp3) is 0.154. The minimum atomic E-state index is -0.442. The van der Waals surface area contributed by atoms with Crippen molar-refractivity contribution >= 4 is 23.4 Å². The molecule has 0 bridgehead atoms. The van der Waals surface area contributed by atoms with E-state index in [0.29, 0.717) is 21.8 Å². The number of aromatic nitrogens is 2. The molecule has 0 saturated heterocycles. The summed E-state index contributed by atoms with van der Waals surface area (Å²) in [6, 6.07) is 6.43. The van der Waals surface area contributed by atoms with Gasteiger partial charge in [0, 0.05) is 23.3 Å². The molecule has 0 radical (unpaired) electrons. The molecule has 1 heterocycles. The first-order valence-corrected chi connectivity index (χ1v) is 6.21. The predicted octanol–water partition coefficient (Wildman–Crippen LogP) is 1.46. The summed E-state index contributed by atoms with van der Waals surface area (Å²) < 4.78 is 1.58. The van der Waals surface area contributed by atoms with Crippen LogP contribution in [-0.2, 0) is 7.05 Å². The summed E-state index contributed by atoms with van der Waals surface area (Å²) in [5.41, 5.74) is 6.13. The van der Waals surface area contributed by atoms with E-state index in [4.69, 9.17) is 11.6 Å². The minimum absolute atomic E-state index is 0.362. The highest BCUT2D eigenvalue weighted by molar-refractivity contribution is 6.30. The van der Waals surface area contributed by atoms with Crippen molar-refractivity contribution in [2.45, 2.75) is 6.92 Å². The first kappa shape index (κ1) is 14.1. The molecule has 104 valence electrons. The van der Waals surface area contributed by atoms with E-state index in [9.17, 15) is 9.59 Å². The van der Waals surface area contributed by atoms with Crippen LogP contribution in [0.3, 0.4) is 0 Å². The molecule has 6 nitrogen and oxygen atoms in total. The summed E-state index contributed by atoms with van der Waals surface area (Å²) in [4.78, 5) is 23.7. The third kappa shape index (κ3) is 2.97. The molecule has 0 aliphatic rings. The highest BCUT2D eigenvalue weighted by Crippen LogP contribution is 2.10. The van der Waals surface area contributed by atoms with E-state index in [1.165, 1.54) is 12.3 Å². The van der Waals surface area contributed by atoms with Gasteiger partial charge >= 0.3 is 0 Å². The van der Waals surface area contributed by atoms with Crippen LogP contribution in [0.4, 0.5) is 0 Å². The first-order chi connectivity index (χ1) is 9.49. The van der Waals surface area contributed by atoms with Crippen LogP contribution in [0.1, 0.15) is 26.4 Å². The van der Waals surface area contributed by atoms with Crippen LogP contribution in [0.5, 0.6) is 0 Å². The SMILES string of the molecule is Cc1c(C(=O)NNC(=O)c2cccc(Cl)c2)cnn1C. The number of nitrogens with zero attached hydrogens (tertiary/aromatic N) is 2. The molecule has 2 aromatic rings. The summed E-state index contributed by atoms with van der Waals surface area (Å²) in [6.07, 6.45) is 1.44. The molecular weight excluding hydrogens is 280 g/mol. The highest BCUT2D eigenvalue weighted by atomic mass is 35.5. The van der Waals surface area contributed by atoms with Gasteiger partial charge in [-0.25, -0.2) is 0 Å². The van der Waals surface area contributed by atoms with Gasteiger partial charge in [0.15, 0.2) is 0 Å². The number of hydrogen-bond acceptors (Lipinski definition) is 3. The standard InChI is InChI=1S/C13H13ClN4O2/c1-8-11(7-15-18(8)2)13(20)17-16-12(19)9-4-3-5-10(14)6-9/h3-7H,1-2H3,(H,16,19)(H,17,20). The second-order valence-corrected chi connectivity index (χ2v) is 4.62. The van der Waals surface area contributed by atoms with Crippen molar-refractivity contribution in [1.82, 2.24) is 20.6 Å². The lowest BCUT2D eigenvalue weighted by atomic mass is 10.2. The monoisotopic (exact) mass is 292 g/mol. The molecule has 2 N–H and O–H groups in total. The van der Waals surface area contributed by atoms with Gasteiger partial charge in [0.1, 0.15) is 0 Å². The average Bonchev–Trinajstić information content (AvgIpc) is 2.76. The van der Waals surface area contributed by atoms with Gasteiger partial charge in [0.2, 0.25) is 0 Å². The van der Waals surface area contributed by atoms with Gasteiger partial charge in [-0.1, -0.05) is 17.7 Å². The molecule has 0 aliphatic heterocycles. The van der Waals surface area contributed by atoms with Gasteiger partial charge in [0.05, 0.1) is 11.8 Å². The fourth-order valence-corrected chi connectivity index (χ4v) is 1.79. The number of halogens is 1. The van der Waals surface area contributed by atoms with Crippen molar-refractivity contribution in [2.24, 2.45) is 7.05 Å². The Morgan fingerprint density at radius 2 is 1.95 bits per heavy atom. The summed E-state index contributed by atoms with van der Waals surface area (Å²) >= 11 is 5.79. The molecule has 2 rings (SSSR count). The quantitative estimate of drug-likeness (QED) is 0.823. The van der Waals surface area contributed by atoms with Crippen molar-refractivity contribution in [3.63, 3.8) is 0 Å². The molecule has 0 saturated carbocycles. The Morgan fingerprint density at radius 1 is 1.25 bits per heavy atom. The molecule has 0 spiro atoms. The molecule has 20 heavy (non-hydrogen) atoms. The fourth-order valence-electron chi connectivity index (χ4n) is 1.60. The van der Waals surface area contributed by atoms with E-state index in [0.717, 1.165) is 0 Å². The Balaban J connectivity index is 2.00. The Labute approximate surface area is 120 Å². The molecule has 0 atom stereocenters. The zero-order chi connectivity index (χ0) is 14.7. The molecule has 0 unspecified atom stereocenters. The number of benzene rings is 1. The molecular formula is C13H13ClN4O2. The van der Waals surface area contributed by atoms with E-state index in [-0.39, 0.29) is 0 Å². The largest absolute Gasteiger partial charge is 0.273 e. The third-order valence-corrected chi connectivity index (χ3v) is 3.09. The van der Waals surface area contributed by atoms with Crippen LogP contribution in [0.25, 0.3) is 0 Å². The Morgan fingerprint density at radius 3 is 2.55 bits per heavy atom. The van der Waals surface area contributed by atoms with E-state index in [1.54, 1.807) is 36.9 Å². The third-order valence-electron chi connectivity index (χ3n) is 2.86. The van der Waals surface area contributed by atoms with Gasteiger partial charge in [-0.3, -0.25) is 25.1 Å². The van der Waals surface area contributed by atoms with Gasteiger partial charge in [-0.2, -0.15) is 5.10 Å². The number of carbonyl (C=O) groups is 2. The lowest BCUT2D eigenvalue weighted by Gasteiger charge is -2.07. The van der Waals surface area contributed by atoms with E-state index < -0.39 is 11.8 Å². The van der Waals surface area contributed by atoms with E-state index in [1.807, 2.05) is 0 Å². The maximum Gasteiger partial charge on any atom is 0.273 e. The van der Waals surface area contributed by atoms with Crippen molar-refractivity contribution in [2.75, 3.05) is 0 Å². The topological polar surface area (TPSA) is 76.0 Å². The summed E-state index contributed by atoms with van der Waals surface area (Å²) in [5, 5.41) is 4.41. The van der Waals surface area contributed by atoms with Crippen molar-refractivity contribution < 1.29 is 9.59 Å². The van der Waals surface area contributed by atoms with Crippen LogP contribution in [0, 0.1) is 6.92 Å². The number of amides is 2. The lowest BCUT2D eigenvalue weighted by molar-refractivity contribution is 0.0846. The molecule has 2 amide bonds. The number of rotatable bonds is 2. The Bertz CT molecular complexity index is 666. The Kier molecular flexibility index (Phi) is 4.05. The molecule has 7 heteroatoms. The molecule has 1 aromatic carbocycles. The predicted molar refractivity (Wildman–Crippen MR) is 74.3 cm³/mol. The second kappa shape index (κ2) is 5.75. The lowest BCUT2D eigenvalue weighted by Crippen LogP contribution is -2.41. The normalized spacial score (nSPS) is 10.2. The van der Waals surface area contributed by atoms with Crippen molar-refractivity contribution in [1.29, 1.82) is 0 Å². The second-order valence-electron chi connectivity index (χ2n) is 4.19. The summed E-state index contributed by atoms with van der Waals surface area (Å²) in [7, 11) is 1.73. The zero-order valence-electron chi connectivity index (χ0n) is 11.0. The van der Waals surface area contributed by atoms with Crippen LogP contribution >= 0.6 is 11.6 Å². The minimum Gasteiger partial charge on any atom is -0.272 e. The summed E-state index contributed by atoms with van der Waals surface area (Å²) in [6.45, 7) is 1.76. The van der Waals surface area contributed by atoms with Crippen molar-refractivity contribution in [3.05, 3.63) is 52.3 Å². The van der Waals surface area contributed by atoms with E-state index >= 15 is 0 Å². The van der Waals surface area contributed by atoms with Crippen molar-refractivity contribution in [3.8, 4) is 0 Å². The zero-order valence-corrected chi connectivity index (χ0v) is 11.7. The number of hydrogen-bond donors (Lipinski definition) is 2. The molecule has 1 aromatic heterocycles. The van der Waals surface area contributed by atoms with Crippen LogP contribution in [0.15, 0.2) is 30.5 Å². The van der Waals surface area contributed by atoms with Gasteiger partial charge < -0.3 is 0 Å². The van der Waals surface area contributed by atoms with Crippen LogP contribution in [-0.4, -0.2) is 21.6 Å². The number of nitrogens with one attached hydrogen (secondary N) is 2. The molecule has 0 fully saturated rings. The number of hydrazine groups is 1. The van der Waals surface area contributed by atoms with Gasteiger partial charge in [0.25, 0.3) is 11.8 Å². The van der Waals surface area contributed by atoms with E-state index in [2.05, 4.69) is 16.0 Å². The summed E-state index contributed by atoms with van der Waals surface area (Å²) in [5.74, 6) is -0.867. The first-order valence-electron chi connectivity index (χ1n) is 5.84. The van der Waals surface area contributed by atoms with Crippen LogP contribution in [0.2, 0.25) is 5.02 Å². The number of aryl methyl sites for hydroxylation is 1. The number of carbonyl (C=O) groups excluding carboxylic acids is 2. The molecule has 0 aliphatic carbocycles.